The molecule has 0 saturated carbocycles. The zero-order valence-corrected chi connectivity index (χ0v) is 15.2. The van der Waals surface area contributed by atoms with Crippen LogP contribution in [0.3, 0.4) is 0 Å². The molecule has 0 spiro atoms. The van der Waals surface area contributed by atoms with Crippen molar-refractivity contribution < 1.29 is 4.79 Å². The van der Waals surface area contributed by atoms with Crippen molar-refractivity contribution in [1.82, 2.24) is 10.3 Å². The third kappa shape index (κ3) is 3.72. The van der Waals surface area contributed by atoms with Gasteiger partial charge in [-0.1, -0.05) is 57.2 Å². The van der Waals surface area contributed by atoms with E-state index >= 15 is 0 Å². The minimum atomic E-state index is -0.286. The monoisotopic (exact) mass is 346 g/mol. The lowest BCUT2D eigenvalue weighted by atomic mass is 9.83. The van der Waals surface area contributed by atoms with Crippen LogP contribution in [0.5, 0.6) is 0 Å². The lowest BCUT2D eigenvalue weighted by molar-refractivity contribution is 0.0976. The number of hydrogen-bond donors (Lipinski definition) is 2. The van der Waals surface area contributed by atoms with Gasteiger partial charge in [0, 0.05) is 11.6 Å². The number of aliphatic imine (C=N–C) groups is 1. The van der Waals surface area contributed by atoms with Gasteiger partial charge in [-0.15, -0.1) is 0 Å². The Bertz CT molecular complexity index is 972. The van der Waals surface area contributed by atoms with Gasteiger partial charge in [0.2, 0.25) is 5.96 Å². The lowest BCUT2D eigenvalue weighted by Gasteiger charge is -2.23. The summed E-state index contributed by atoms with van der Waals surface area (Å²) in [5.41, 5.74) is 8.60. The van der Waals surface area contributed by atoms with Crippen molar-refractivity contribution in [3.8, 4) is 0 Å². The number of aromatic nitrogens is 1. The van der Waals surface area contributed by atoms with Crippen LogP contribution in [0.15, 0.2) is 65.8 Å². The summed E-state index contributed by atoms with van der Waals surface area (Å²) < 4.78 is 0. The molecule has 0 aliphatic heterocycles. The first-order chi connectivity index (χ1) is 12.4. The fourth-order valence-corrected chi connectivity index (χ4v) is 2.80. The Balaban J connectivity index is 2.03. The molecule has 0 fully saturated rings. The quantitative estimate of drug-likeness (QED) is 0.545. The highest BCUT2D eigenvalue weighted by Crippen LogP contribution is 2.30. The van der Waals surface area contributed by atoms with Crippen LogP contribution in [-0.4, -0.2) is 16.9 Å². The zero-order chi connectivity index (χ0) is 18.7. The van der Waals surface area contributed by atoms with Crippen LogP contribution in [-0.2, 0) is 5.41 Å². The fraction of sp³-hybridized carbons (Fsp3) is 0.190. The number of pyridine rings is 1. The number of fused-ring (bicyclic) bond motifs is 1. The van der Waals surface area contributed by atoms with Gasteiger partial charge in [-0.25, -0.2) is 4.99 Å². The van der Waals surface area contributed by atoms with Gasteiger partial charge in [-0.05, 0) is 29.2 Å². The first kappa shape index (κ1) is 17.6. The van der Waals surface area contributed by atoms with Crippen LogP contribution in [0, 0.1) is 0 Å². The molecule has 0 unspecified atom stereocenters. The molecule has 1 aromatic heterocycles. The second kappa shape index (κ2) is 6.96. The number of amides is 1. The highest BCUT2D eigenvalue weighted by atomic mass is 16.1. The number of nitrogens with one attached hydrogen (secondary N) is 1. The van der Waals surface area contributed by atoms with Crippen molar-refractivity contribution in [2.75, 3.05) is 0 Å². The van der Waals surface area contributed by atoms with Gasteiger partial charge >= 0.3 is 0 Å². The second-order valence-electron chi connectivity index (χ2n) is 7.10. The largest absolute Gasteiger partial charge is 0.369 e. The standard InChI is InChI=1S/C21H22N4O/c1-21(2,3)16-13-23-17-12-8-7-11-15(17)18(16)19(26)25-20(22)24-14-9-5-4-6-10-14/h4-13H,1-3H3,(H3,22,24,25,26). The van der Waals surface area contributed by atoms with E-state index < -0.39 is 0 Å². The van der Waals surface area contributed by atoms with Crippen molar-refractivity contribution in [3.63, 3.8) is 0 Å². The van der Waals surface area contributed by atoms with Gasteiger partial charge in [-0.3, -0.25) is 15.1 Å². The number of benzene rings is 2. The summed E-state index contributed by atoms with van der Waals surface area (Å²) in [6, 6.07) is 16.9. The molecule has 1 heterocycles. The van der Waals surface area contributed by atoms with E-state index in [2.05, 4.69) is 36.1 Å². The maximum Gasteiger partial charge on any atom is 0.258 e. The molecule has 1 amide bonds. The molecule has 0 bridgehead atoms. The van der Waals surface area contributed by atoms with E-state index in [-0.39, 0.29) is 17.3 Å². The van der Waals surface area contributed by atoms with E-state index in [1.165, 1.54) is 0 Å². The third-order valence-electron chi connectivity index (χ3n) is 4.06. The van der Waals surface area contributed by atoms with Gasteiger partial charge in [0.25, 0.3) is 5.91 Å². The predicted octanol–water partition coefficient (Wildman–Crippen LogP) is 3.91. The summed E-state index contributed by atoms with van der Waals surface area (Å²) in [6.45, 7) is 6.16. The number of carbonyl (C=O) groups excluding carboxylic acids is 1. The fourth-order valence-electron chi connectivity index (χ4n) is 2.80. The van der Waals surface area contributed by atoms with Crippen molar-refractivity contribution >= 4 is 28.5 Å². The molecule has 3 aromatic rings. The first-order valence-corrected chi connectivity index (χ1v) is 8.45. The minimum absolute atomic E-state index is 0.0574. The smallest absolute Gasteiger partial charge is 0.258 e. The molecule has 5 heteroatoms. The van der Waals surface area contributed by atoms with Crippen molar-refractivity contribution in [2.24, 2.45) is 10.7 Å². The molecule has 0 radical (unpaired) electrons. The molecular formula is C21H22N4O. The van der Waals surface area contributed by atoms with E-state index in [1.807, 2.05) is 54.6 Å². The molecular weight excluding hydrogens is 324 g/mol. The Labute approximate surface area is 153 Å². The SMILES string of the molecule is CC(C)(C)c1cnc2ccccc2c1C(=O)NC(N)=Nc1ccccc1. The Kier molecular flexibility index (Phi) is 4.71. The summed E-state index contributed by atoms with van der Waals surface area (Å²) in [4.78, 5) is 21.8. The van der Waals surface area contributed by atoms with Gasteiger partial charge in [0.1, 0.15) is 0 Å². The second-order valence-corrected chi connectivity index (χ2v) is 7.10. The van der Waals surface area contributed by atoms with Gasteiger partial charge in [0.05, 0.1) is 16.8 Å². The number of carbonyl (C=O) groups is 1. The Hall–Kier alpha value is -3.21. The minimum Gasteiger partial charge on any atom is -0.369 e. The van der Waals surface area contributed by atoms with Crippen LogP contribution in [0.1, 0.15) is 36.7 Å². The average Bonchev–Trinajstić information content (AvgIpc) is 2.60. The molecule has 2 aromatic carbocycles. The number of para-hydroxylation sites is 2. The summed E-state index contributed by atoms with van der Waals surface area (Å²) in [6.07, 6.45) is 1.77. The maximum atomic E-state index is 13.0. The topological polar surface area (TPSA) is 80.4 Å². The van der Waals surface area contributed by atoms with Gasteiger partial charge in [-0.2, -0.15) is 0 Å². The van der Waals surface area contributed by atoms with Gasteiger partial charge < -0.3 is 5.73 Å². The number of nitrogens with two attached hydrogens (primary N) is 1. The molecule has 26 heavy (non-hydrogen) atoms. The summed E-state index contributed by atoms with van der Waals surface area (Å²) >= 11 is 0. The lowest BCUT2D eigenvalue weighted by Crippen LogP contribution is -2.38. The van der Waals surface area contributed by atoms with Crippen LogP contribution >= 0.6 is 0 Å². The maximum absolute atomic E-state index is 13.0. The van der Waals surface area contributed by atoms with E-state index in [1.54, 1.807) is 6.20 Å². The average molecular weight is 346 g/mol. The molecule has 0 aliphatic carbocycles. The van der Waals surface area contributed by atoms with E-state index in [4.69, 9.17) is 5.73 Å². The Morgan fingerprint density at radius 1 is 1.04 bits per heavy atom. The van der Waals surface area contributed by atoms with E-state index in [0.717, 1.165) is 16.5 Å². The predicted molar refractivity (Wildman–Crippen MR) is 106 cm³/mol. The molecule has 3 N–H and O–H groups in total. The highest BCUT2D eigenvalue weighted by Gasteiger charge is 2.25. The molecule has 132 valence electrons. The van der Waals surface area contributed by atoms with E-state index in [0.29, 0.717) is 11.3 Å². The summed E-state index contributed by atoms with van der Waals surface area (Å²) in [5.74, 6) is -0.229. The van der Waals surface area contributed by atoms with Crippen molar-refractivity contribution in [2.45, 2.75) is 26.2 Å². The number of guanidine groups is 1. The molecule has 0 aliphatic rings. The molecule has 0 atom stereocenters. The molecule has 3 rings (SSSR count). The zero-order valence-electron chi connectivity index (χ0n) is 15.2. The van der Waals surface area contributed by atoms with Crippen LogP contribution in [0.4, 0.5) is 5.69 Å². The number of rotatable bonds is 2. The third-order valence-corrected chi connectivity index (χ3v) is 4.06. The summed E-state index contributed by atoms with van der Waals surface area (Å²) in [7, 11) is 0. The van der Waals surface area contributed by atoms with Crippen molar-refractivity contribution in [1.29, 1.82) is 0 Å². The van der Waals surface area contributed by atoms with Crippen LogP contribution in [0.2, 0.25) is 0 Å². The normalized spacial score (nSPS) is 12.2. The van der Waals surface area contributed by atoms with Gasteiger partial charge in [0.15, 0.2) is 0 Å². The first-order valence-electron chi connectivity index (χ1n) is 8.45. The number of hydrogen-bond acceptors (Lipinski definition) is 3. The van der Waals surface area contributed by atoms with E-state index in [9.17, 15) is 4.79 Å². The number of nitrogens with zero attached hydrogens (tertiary/aromatic N) is 2. The molecule has 5 nitrogen and oxygen atoms in total. The molecule has 0 saturated heterocycles. The van der Waals surface area contributed by atoms with Crippen LogP contribution < -0.4 is 11.1 Å². The summed E-state index contributed by atoms with van der Waals surface area (Å²) in [5, 5.41) is 3.51. The Morgan fingerprint density at radius 3 is 2.38 bits per heavy atom. The van der Waals surface area contributed by atoms with Crippen molar-refractivity contribution in [3.05, 3.63) is 71.9 Å². The highest BCUT2D eigenvalue weighted by molar-refractivity contribution is 6.13. The van der Waals surface area contributed by atoms with Crippen LogP contribution in [0.25, 0.3) is 10.9 Å². The Morgan fingerprint density at radius 2 is 1.69 bits per heavy atom.